The van der Waals surface area contributed by atoms with Gasteiger partial charge in [0.2, 0.25) is 0 Å². The molecule has 0 saturated carbocycles. The largest absolute Gasteiger partial charge is 0.460 e. The summed E-state index contributed by atoms with van der Waals surface area (Å²) in [5.41, 5.74) is 0.998. The highest BCUT2D eigenvalue weighted by atomic mass is 16.5. The number of aliphatic hydroxyl groups excluding tert-OH is 2. The van der Waals surface area contributed by atoms with Crippen molar-refractivity contribution in [3.05, 3.63) is 11.6 Å². The molecule has 2 N–H and O–H groups in total. The summed E-state index contributed by atoms with van der Waals surface area (Å²) in [4.78, 5) is 11.5. The molecule has 0 bridgehead atoms. The van der Waals surface area contributed by atoms with Gasteiger partial charge in [0.1, 0.15) is 12.7 Å². The van der Waals surface area contributed by atoms with Gasteiger partial charge in [-0.25, -0.2) is 4.79 Å². The van der Waals surface area contributed by atoms with Gasteiger partial charge in [-0.1, -0.05) is 52.0 Å². The van der Waals surface area contributed by atoms with E-state index in [-0.39, 0.29) is 6.61 Å². The van der Waals surface area contributed by atoms with Gasteiger partial charge in [-0.15, -0.1) is 0 Å². The first-order valence-corrected chi connectivity index (χ1v) is 8.48. The van der Waals surface area contributed by atoms with E-state index >= 15 is 0 Å². The maximum atomic E-state index is 11.5. The molecule has 4 nitrogen and oxygen atoms in total. The molecule has 0 heterocycles. The van der Waals surface area contributed by atoms with Crippen LogP contribution in [0.4, 0.5) is 0 Å². The van der Waals surface area contributed by atoms with Crippen LogP contribution in [0.25, 0.3) is 0 Å². The summed E-state index contributed by atoms with van der Waals surface area (Å²) in [5.74, 6) is 1.07. The van der Waals surface area contributed by atoms with Gasteiger partial charge in [-0.05, 0) is 31.6 Å². The molecule has 2 atom stereocenters. The number of carbonyl (C=O) groups excluding carboxylic acids is 1. The van der Waals surface area contributed by atoms with Crippen LogP contribution < -0.4 is 0 Å². The van der Waals surface area contributed by atoms with Crippen molar-refractivity contribution in [1.82, 2.24) is 0 Å². The Hall–Kier alpha value is -0.870. The molecule has 0 fully saturated rings. The van der Waals surface area contributed by atoms with Crippen molar-refractivity contribution in [3.8, 4) is 0 Å². The molecule has 0 aromatic rings. The van der Waals surface area contributed by atoms with Crippen LogP contribution in [-0.2, 0) is 9.53 Å². The molecule has 22 heavy (non-hydrogen) atoms. The summed E-state index contributed by atoms with van der Waals surface area (Å²) < 4.78 is 4.84. The lowest BCUT2D eigenvalue weighted by molar-refractivity contribution is -0.141. The topological polar surface area (TPSA) is 66.8 Å². The predicted octanol–water partition coefficient (Wildman–Crippen LogP) is 3.46. The Morgan fingerprint density at radius 3 is 2.36 bits per heavy atom. The highest BCUT2D eigenvalue weighted by Crippen LogP contribution is 2.19. The van der Waals surface area contributed by atoms with Crippen LogP contribution >= 0.6 is 0 Å². The fourth-order valence-corrected chi connectivity index (χ4v) is 2.29. The number of allylic oxidation sites excluding steroid dienone is 1. The first-order valence-electron chi connectivity index (χ1n) is 8.48. The zero-order valence-electron chi connectivity index (χ0n) is 14.7. The predicted molar refractivity (Wildman–Crippen MR) is 89.5 cm³/mol. The number of ether oxygens (including phenoxy) is 1. The van der Waals surface area contributed by atoms with Gasteiger partial charge in [0.05, 0.1) is 6.61 Å². The molecule has 0 amide bonds. The van der Waals surface area contributed by atoms with Crippen molar-refractivity contribution in [2.24, 2.45) is 11.8 Å². The Morgan fingerprint density at radius 2 is 1.77 bits per heavy atom. The Kier molecular flexibility index (Phi) is 12.2. The lowest BCUT2D eigenvalue weighted by Gasteiger charge is -2.12. The number of rotatable bonds is 12. The monoisotopic (exact) mass is 314 g/mol. The maximum absolute atomic E-state index is 11.5. The number of hydrogen-bond acceptors (Lipinski definition) is 4. The molecule has 4 heteroatoms. The summed E-state index contributed by atoms with van der Waals surface area (Å²) in [7, 11) is 0. The van der Waals surface area contributed by atoms with Crippen molar-refractivity contribution >= 4 is 5.97 Å². The highest BCUT2D eigenvalue weighted by Gasteiger charge is 2.07. The van der Waals surface area contributed by atoms with Crippen molar-refractivity contribution in [3.63, 3.8) is 0 Å². The summed E-state index contributed by atoms with van der Waals surface area (Å²) in [5, 5.41) is 17.7. The van der Waals surface area contributed by atoms with E-state index in [2.05, 4.69) is 20.8 Å². The normalized spacial score (nSPS) is 15.0. The second-order valence-electron chi connectivity index (χ2n) is 6.78. The van der Waals surface area contributed by atoms with Crippen molar-refractivity contribution in [2.45, 2.75) is 72.3 Å². The van der Waals surface area contributed by atoms with E-state index in [1.54, 1.807) is 0 Å². The summed E-state index contributed by atoms with van der Waals surface area (Å²) >= 11 is 0. The van der Waals surface area contributed by atoms with Crippen LogP contribution in [0.2, 0.25) is 0 Å². The van der Waals surface area contributed by atoms with Crippen molar-refractivity contribution in [2.75, 3.05) is 13.2 Å². The summed E-state index contributed by atoms with van der Waals surface area (Å²) in [6.07, 6.45) is 7.52. The van der Waals surface area contributed by atoms with Crippen LogP contribution in [0.1, 0.15) is 66.2 Å². The Bertz CT molecular complexity index is 323. The van der Waals surface area contributed by atoms with E-state index in [1.165, 1.54) is 31.8 Å². The van der Waals surface area contributed by atoms with E-state index in [9.17, 15) is 4.79 Å². The minimum absolute atomic E-state index is 0.161. The number of hydrogen-bond donors (Lipinski definition) is 2. The summed E-state index contributed by atoms with van der Waals surface area (Å²) in [6, 6.07) is 0. The quantitative estimate of drug-likeness (QED) is 0.427. The van der Waals surface area contributed by atoms with E-state index in [0.717, 1.165) is 30.3 Å². The molecule has 0 spiro atoms. The SMILES string of the molecule is CC(=CC(=O)OCC(O)CO)CCCC(C)CCCC(C)C. The van der Waals surface area contributed by atoms with E-state index in [4.69, 9.17) is 14.9 Å². The van der Waals surface area contributed by atoms with Crippen LogP contribution in [0.15, 0.2) is 11.6 Å². The number of esters is 1. The van der Waals surface area contributed by atoms with Crippen molar-refractivity contribution < 1.29 is 19.7 Å². The van der Waals surface area contributed by atoms with E-state index in [1.807, 2.05) is 6.92 Å². The van der Waals surface area contributed by atoms with Crippen LogP contribution in [0.5, 0.6) is 0 Å². The van der Waals surface area contributed by atoms with Gasteiger partial charge in [0.25, 0.3) is 0 Å². The minimum atomic E-state index is -0.996. The average molecular weight is 314 g/mol. The molecule has 0 radical (unpaired) electrons. The number of carbonyl (C=O) groups is 1. The van der Waals surface area contributed by atoms with Crippen LogP contribution in [0.3, 0.4) is 0 Å². The summed E-state index contributed by atoms with van der Waals surface area (Å²) in [6.45, 7) is 8.18. The second kappa shape index (κ2) is 12.7. The molecule has 130 valence electrons. The fraction of sp³-hybridized carbons (Fsp3) is 0.833. The third kappa shape index (κ3) is 12.8. The van der Waals surface area contributed by atoms with Gasteiger partial charge in [-0.3, -0.25) is 0 Å². The van der Waals surface area contributed by atoms with Gasteiger partial charge >= 0.3 is 5.97 Å². The third-order valence-corrected chi connectivity index (χ3v) is 3.74. The molecule has 2 unspecified atom stereocenters. The van der Waals surface area contributed by atoms with Crippen LogP contribution in [-0.4, -0.2) is 35.5 Å². The Morgan fingerprint density at radius 1 is 1.14 bits per heavy atom. The first-order chi connectivity index (χ1) is 10.3. The third-order valence-electron chi connectivity index (χ3n) is 3.74. The van der Waals surface area contributed by atoms with Gasteiger partial charge in [0, 0.05) is 6.08 Å². The molecule has 0 rings (SSSR count). The van der Waals surface area contributed by atoms with Gasteiger partial charge in [0.15, 0.2) is 0 Å². The second-order valence-corrected chi connectivity index (χ2v) is 6.78. The van der Waals surface area contributed by atoms with Gasteiger partial charge < -0.3 is 14.9 Å². The number of aliphatic hydroxyl groups is 2. The highest BCUT2D eigenvalue weighted by molar-refractivity contribution is 5.82. The zero-order chi connectivity index (χ0) is 17.0. The smallest absolute Gasteiger partial charge is 0.330 e. The molecule has 0 saturated heterocycles. The first kappa shape index (κ1) is 21.1. The molecule has 0 aliphatic carbocycles. The molecular formula is C18H34O4. The minimum Gasteiger partial charge on any atom is -0.460 e. The Labute approximate surface area is 135 Å². The average Bonchev–Trinajstić information content (AvgIpc) is 2.44. The molecule has 0 aliphatic rings. The molecule has 0 aromatic heterocycles. The van der Waals surface area contributed by atoms with E-state index in [0.29, 0.717) is 0 Å². The zero-order valence-corrected chi connectivity index (χ0v) is 14.7. The van der Waals surface area contributed by atoms with Crippen LogP contribution in [0, 0.1) is 11.8 Å². The Balaban J connectivity index is 3.80. The lowest BCUT2D eigenvalue weighted by Crippen LogP contribution is -2.21. The molecule has 0 aliphatic heterocycles. The van der Waals surface area contributed by atoms with Gasteiger partial charge in [-0.2, -0.15) is 0 Å². The molecule has 0 aromatic carbocycles. The maximum Gasteiger partial charge on any atom is 0.330 e. The van der Waals surface area contributed by atoms with E-state index < -0.39 is 18.7 Å². The standard InChI is InChI=1S/C18H34O4/c1-14(2)7-5-8-15(3)9-6-10-16(4)11-18(21)22-13-17(20)12-19/h11,14-15,17,19-20H,5-10,12-13H2,1-4H3. The fourth-order valence-electron chi connectivity index (χ4n) is 2.29. The van der Waals surface area contributed by atoms with Crippen molar-refractivity contribution in [1.29, 1.82) is 0 Å². The lowest BCUT2D eigenvalue weighted by atomic mass is 9.94. The molecular weight excluding hydrogens is 280 g/mol.